The molecule has 0 unspecified atom stereocenters. The van der Waals surface area contributed by atoms with Crippen LogP contribution in [0.1, 0.15) is 35.7 Å². The zero-order valence-corrected chi connectivity index (χ0v) is 17.9. The van der Waals surface area contributed by atoms with Crippen molar-refractivity contribution < 1.29 is 31.1 Å². The number of amides is 1. The Kier molecular flexibility index (Phi) is 6.61. The SMILES string of the molecule is COc1ccc(S(=O)(=O)N2CCC(C)CC2)cc1C(=O)Nc1ccc(C(F)(F)F)cc1. The summed E-state index contributed by atoms with van der Waals surface area (Å²) in [5.41, 5.74) is -0.737. The van der Waals surface area contributed by atoms with Gasteiger partial charge in [-0.25, -0.2) is 8.42 Å². The number of nitrogens with one attached hydrogen (secondary N) is 1. The molecule has 1 saturated heterocycles. The minimum Gasteiger partial charge on any atom is -0.496 e. The Hall–Kier alpha value is -2.59. The van der Waals surface area contributed by atoms with Gasteiger partial charge in [-0.3, -0.25) is 4.79 Å². The number of piperidine rings is 1. The lowest BCUT2D eigenvalue weighted by molar-refractivity contribution is -0.137. The van der Waals surface area contributed by atoms with Gasteiger partial charge < -0.3 is 10.1 Å². The van der Waals surface area contributed by atoms with Crippen LogP contribution in [0.4, 0.5) is 18.9 Å². The molecule has 2 aromatic carbocycles. The van der Waals surface area contributed by atoms with Crippen molar-refractivity contribution in [3.8, 4) is 5.75 Å². The van der Waals surface area contributed by atoms with E-state index in [0.717, 1.165) is 37.1 Å². The van der Waals surface area contributed by atoms with Gasteiger partial charge in [0.05, 0.1) is 23.1 Å². The van der Waals surface area contributed by atoms with Crippen molar-refractivity contribution in [3.63, 3.8) is 0 Å². The molecule has 0 radical (unpaired) electrons. The molecule has 0 saturated carbocycles. The van der Waals surface area contributed by atoms with E-state index in [-0.39, 0.29) is 21.9 Å². The van der Waals surface area contributed by atoms with Crippen LogP contribution < -0.4 is 10.1 Å². The first-order valence-electron chi connectivity index (χ1n) is 9.69. The smallest absolute Gasteiger partial charge is 0.416 e. The van der Waals surface area contributed by atoms with Crippen LogP contribution in [0.2, 0.25) is 0 Å². The zero-order chi connectivity index (χ0) is 22.8. The van der Waals surface area contributed by atoms with Gasteiger partial charge in [0.2, 0.25) is 10.0 Å². The van der Waals surface area contributed by atoms with Gasteiger partial charge in [0.25, 0.3) is 5.91 Å². The van der Waals surface area contributed by atoms with Crippen LogP contribution in [0.25, 0.3) is 0 Å². The van der Waals surface area contributed by atoms with E-state index in [1.807, 2.05) is 0 Å². The van der Waals surface area contributed by atoms with Crippen LogP contribution in [-0.4, -0.2) is 38.8 Å². The molecule has 0 spiro atoms. The van der Waals surface area contributed by atoms with Gasteiger partial charge in [0, 0.05) is 18.8 Å². The number of carbonyl (C=O) groups is 1. The second-order valence-corrected chi connectivity index (χ2v) is 9.42. The number of rotatable bonds is 5. The predicted molar refractivity (Wildman–Crippen MR) is 110 cm³/mol. The number of benzene rings is 2. The minimum atomic E-state index is -4.49. The Morgan fingerprint density at radius 3 is 2.26 bits per heavy atom. The van der Waals surface area contributed by atoms with Crippen molar-refractivity contribution >= 4 is 21.6 Å². The van der Waals surface area contributed by atoms with Crippen LogP contribution in [0.3, 0.4) is 0 Å². The molecule has 2 aromatic rings. The lowest BCUT2D eigenvalue weighted by Gasteiger charge is -2.29. The molecule has 0 aromatic heterocycles. The molecule has 31 heavy (non-hydrogen) atoms. The molecule has 10 heteroatoms. The topological polar surface area (TPSA) is 75.7 Å². The minimum absolute atomic E-state index is 0.0335. The van der Waals surface area contributed by atoms with E-state index in [9.17, 15) is 26.4 Å². The molecule has 1 amide bonds. The molecule has 1 aliphatic heterocycles. The third kappa shape index (κ3) is 5.19. The first-order valence-corrected chi connectivity index (χ1v) is 11.1. The summed E-state index contributed by atoms with van der Waals surface area (Å²) in [6, 6.07) is 7.95. The monoisotopic (exact) mass is 456 g/mol. The summed E-state index contributed by atoms with van der Waals surface area (Å²) in [7, 11) is -2.45. The third-order valence-electron chi connectivity index (χ3n) is 5.27. The average molecular weight is 456 g/mol. The first kappa shape index (κ1) is 23.1. The van der Waals surface area contributed by atoms with Crippen LogP contribution in [0.15, 0.2) is 47.4 Å². The number of halogens is 3. The Labute approximate surface area is 179 Å². The van der Waals surface area contributed by atoms with E-state index in [0.29, 0.717) is 19.0 Å². The number of carbonyl (C=O) groups excluding carboxylic acids is 1. The number of nitrogens with zero attached hydrogens (tertiary/aromatic N) is 1. The molecule has 3 rings (SSSR count). The van der Waals surface area contributed by atoms with E-state index >= 15 is 0 Å². The molecule has 0 atom stereocenters. The number of sulfonamides is 1. The highest BCUT2D eigenvalue weighted by Crippen LogP contribution is 2.31. The molecule has 6 nitrogen and oxygen atoms in total. The quantitative estimate of drug-likeness (QED) is 0.724. The maximum atomic E-state index is 13.0. The van der Waals surface area contributed by atoms with Crippen LogP contribution >= 0.6 is 0 Å². The molecule has 1 aliphatic rings. The van der Waals surface area contributed by atoms with Crippen LogP contribution in [0, 0.1) is 5.92 Å². The Morgan fingerprint density at radius 1 is 1.10 bits per heavy atom. The van der Waals surface area contributed by atoms with Gasteiger partial charge in [-0.1, -0.05) is 6.92 Å². The van der Waals surface area contributed by atoms with Crippen molar-refractivity contribution in [2.24, 2.45) is 5.92 Å². The molecule has 0 bridgehead atoms. The van der Waals surface area contributed by atoms with E-state index in [4.69, 9.17) is 4.74 Å². The summed E-state index contributed by atoms with van der Waals surface area (Å²) in [5, 5.41) is 2.48. The molecule has 1 N–H and O–H groups in total. The van der Waals surface area contributed by atoms with Gasteiger partial charge >= 0.3 is 6.18 Å². The lowest BCUT2D eigenvalue weighted by Crippen LogP contribution is -2.37. The summed E-state index contributed by atoms with van der Waals surface area (Å²) >= 11 is 0. The molecule has 168 valence electrons. The second-order valence-electron chi connectivity index (χ2n) is 7.48. The van der Waals surface area contributed by atoms with Gasteiger partial charge in [0.1, 0.15) is 5.75 Å². The number of anilines is 1. The highest BCUT2D eigenvalue weighted by molar-refractivity contribution is 7.89. The van der Waals surface area contributed by atoms with Crippen LogP contribution in [-0.2, 0) is 16.2 Å². The highest BCUT2D eigenvalue weighted by atomic mass is 32.2. The van der Waals surface area contributed by atoms with Gasteiger partial charge in [-0.2, -0.15) is 17.5 Å². The van der Waals surface area contributed by atoms with Gasteiger partial charge in [-0.15, -0.1) is 0 Å². The number of hydrogen-bond acceptors (Lipinski definition) is 4. The fourth-order valence-electron chi connectivity index (χ4n) is 3.34. The second kappa shape index (κ2) is 8.88. The number of ether oxygens (including phenoxy) is 1. The van der Waals surface area contributed by atoms with E-state index in [1.54, 1.807) is 0 Å². The van der Waals surface area contributed by atoms with Crippen molar-refractivity contribution in [1.82, 2.24) is 4.31 Å². The Bertz CT molecular complexity index is 1050. The summed E-state index contributed by atoms with van der Waals surface area (Å²) in [4.78, 5) is 12.7. The largest absolute Gasteiger partial charge is 0.496 e. The number of hydrogen-bond donors (Lipinski definition) is 1. The van der Waals surface area contributed by atoms with E-state index < -0.39 is 27.7 Å². The average Bonchev–Trinajstić information content (AvgIpc) is 2.73. The first-order chi connectivity index (χ1) is 14.5. The standard InChI is InChI=1S/C21H23F3N2O4S/c1-14-9-11-26(12-10-14)31(28,29)17-7-8-19(30-2)18(13-17)20(27)25-16-5-3-15(4-6-16)21(22,23)24/h3-8,13-14H,9-12H2,1-2H3,(H,25,27). The van der Waals surface area contributed by atoms with Crippen LogP contribution in [0.5, 0.6) is 5.75 Å². The predicted octanol–water partition coefficient (Wildman–Crippen LogP) is 4.39. The lowest BCUT2D eigenvalue weighted by atomic mass is 10.0. The molecule has 0 aliphatic carbocycles. The maximum absolute atomic E-state index is 13.0. The summed E-state index contributed by atoms with van der Waals surface area (Å²) in [5.74, 6) is -0.0936. The molecule has 1 heterocycles. The fraction of sp³-hybridized carbons (Fsp3) is 0.381. The van der Waals surface area contributed by atoms with Crippen molar-refractivity contribution in [1.29, 1.82) is 0 Å². The maximum Gasteiger partial charge on any atom is 0.416 e. The Morgan fingerprint density at radius 2 is 1.71 bits per heavy atom. The fourth-order valence-corrected chi connectivity index (χ4v) is 4.84. The highest BCUT2D eigenvalue weighted by Gasteiger charge is 2.31. The van der Waals surface area contributed by atoms with E-state index in [1.165, 1.54) is 29.6 Å². The molecular formula is C21H23F3N2O4S. The normalized spacial score (nSPS) is 16.2. The number of alkyl halides is 3. The third-order valence-corrected chi connectivity index (χ3v) is 7.16. The van der Waals surface area contributed by atoms with Crippen molar-refractivity contribution in [3.05, 3.63) is 53.6 Å². The summed E-state index contributed by atoms with van der Waals surface area (Å²) in [6.07, 6.45) is -2.96. The Balaban J connectivity index is 1.85. The molecular weight excluding hydrogens is 433 g/mol. The number of methoxy groups -OCH3 is 1. The van der Waals surface area contributed by atoms with E-state index in [2.05, 4.69) is 12.2 Å². The van der Waals surface area contributed by atoms with Gasteiger partial charge in [0.15, 0.2) is 0 Å². The van der Waals surface area contributed by atoms with Crippen molar-refractivity contribution in [2.45, 2.75) is 30.8 Å². The summed E-state index contributed by atoms with van der Waals surface area (Å²) < 4.78 is 70.7. The zero-order valence-electron chi connectivity index (χ0n) is 17.1. The van der Waals surface area contributed by atoms with Crippen molar-refractivity contribution in [2.75, 3.05) is 25.5 Å². The molecule has 1 fully saturated rings. The van der Waals surface area contributed by atoms with Gasteiger partial charge in [-0.05, 0) is 61.2 Å². The summed E-state index contributed by atoms with van der Waals surface area (Å²) in [6.45, 7) is 2.88.